The Hall–Kier alpha value is -1.29. The van der Waals surface area contributed by atoms with E-state index in [1.165, 1.54) is 0 Å². The van der Waals surface area contributed by atoms with E-state index in [2.05, 4.69) is 48.1 Å². The summed E-state index contributed by atoms with van der Waals surface area (Å²) in [5.41, 5.74) is 1.07. The first-order valence-electron chi connectivity index (χ1n) is 6.14. The lowest BCUT2D eigenvalue weighted by Gasteiger charge is -2.21. The lowest BCUT2D eigenvalue weighted by atomic mass is 10.1. The standard InChI is InChI=1S/C13H21N3O/c1-13(2,3)14-9-11-10-17-12(15-11)16-7-5-4-6-8-16/h4-5,10,14H,6-9H2,1-3H3. The minimum absolute atomic E-state index is 0.104. The summed E-state index contributed by atoms with van der Waals surface area (Å²) in [6.45, 7) is 9.06. The fraction of sp³-hybridized carbons (Fsp3) is 0.615. The zero-order valence-electron chi connectivity index (χ0n) is 10.9. The third-order valence-corrected chi connectivity index (χ3v) is 2.67. The molecule has 0 unspecified atom stereocenters. The second kappa shape index (κ2) is 4.92. The van der Waals surface area contributed by atoms with Crippen LogP contribution in [0.15, 0.2) is 22.8 Å². The lowest BCUT2D eigenvalue weighted by molar-refractivity contribution is 0.421. The van der Waals surface area contributed by atoms with Crippen molar-refractivity contribution in [3.8, 4) is 0 Å². The highest BCUT2D eigenvalue weighted by Gasteiger charge is 2.15. The second-order valence-electron chi connectivity index (χ2n) is 5.43. The van der Waals surface area contributed by atoms with Gasteiger partial charge in [0.25, 0.3) is 6.01 Å². The van der Waals surface area contributed by atoms with Gasteiger partial charge in [0.1, 0.15) is 6.26 Å². The van der Waals surface area contributed by atoms with Crippen molar-refractivity contribution in [1.82, 2.24) is 10.3 Å². The molecule has 1 aromatic rings. The predicted octanol–water partition coefficient (Wildman–Crippen LogP) is 2.33. The molecule has 0 bridgehead atoms. The second-order valence-corrected chi connectivity index (χ2v) is 5.43. The molecule has 1 aliphatic heterocycles. The van der Waals surface area contributed by atoms with Gasteiger partial charge >= 0.3 is 0 Å². The van der Waals surface area contributed by atoms with Gasteiger partial charge in [0.05, 0.1) is 5.69 Å². The van der Waals surface area contributed by atoms with Crippen molar-refractivity contribution in [3.63, 3.8) is 0 Å². The van der Waals surface area contributed by atoms with Crippen LogP contribution in [0, 0.1) is 0 Å². The minimum Gasteiger partial charge on any atom is -0.432 e. The number of hydrogen-bond acceptors (Lipinski definition) is 4. The van der Waals surface area contributed by atoms with Crippen molar-refractivity contribution in [2.45, 2.75) is 39.3 Å². The van der Waals surface area contributed by atoms with Gasteiger partial charge in [-0.3, -0.25) is 0 Å². The van der Waals surface area contributed by atoms with Crippen LogP contribution in [0.2, 0.25) is 0 Å². The highest BCUT2D eigenvalue weighted by atomic mass is 16.4. The number of hydrogen-bond donors (Lipinski definition) is 1. The number of nitrogens with zero attached hydrogens (tertiary/aromatic N) is 2. The van der Waals surface area contributed by atoms with E-state index in [1.54, 1.807) is 6.26 Å². The number of aromatic nitrogens is 1. The number of anilines is 1. The summed E-state index contributed by atoms with van der Waals surface area (Å²) >= 11 is 0. The van der Waals surface area contributed by atoms with Crippen molar-refractivity contribution in [2.75, 3.05) is 18.0 Å². The molecule has 2 rings (SSSR count). The van der Waals surface area contributed by atoms with Gasteiger partial charge < -0.3 is 14.6 Å². The lowest BCUT2D eigenvalue weighted by Crippen LogP contribution is -2.35. The van der Waals surface area contributed by atoms with Crippen LogP contribution in [0.1, 0.15) is 32.9 Å². The highest BCUT2D eigenvalue weighted by molar-refractivity contribution is 5.30. The van der Waals surface area contributed by atoms with Gasteiger partial charge in [0.2, 0.25) is 0 Å². The first-order chi connectivity index (χ1) is 8.04. The van der Waals surface area contributed by atoms with Crippen LogP contribution in [-0.2, 0) is 6.54 Å². The quantitative estimate of drug-likeness (QED) is 0.816. The molecule has 1 N–H and O–H groups in total. The van der Waals surface area contributed by atoms with Gasteiger partial charge in [-0.2, -0.15) is 4.98 Å². The maximum atomic E-state index is 5.51. The van der Waals surface area contributed by atoms with Crippen molar-refractivity contribution >= 4 is 6.01 Å². The van der Waals surface area contributed by atoms with Crippen molar-refractivity contribution < 1.29 is 4.42 Å². The van der Waals surface area contributed by atoms with Gasteiger partial charge in [0, 0.05) is 25.2 Å². The van der Waals surface area contributed by atoms with E-state index in [4.69, 9.17) is 4.42 Å². The van der Waals surface area contributed by atoms with Crippen molar-refractivity contribution in [3.05, 3.63) is 24.1 Å². The Morgan fingerprint density at radius 2 is 2.24 bits per heavy atom. The SMILES string of the molecule is CC(C)(C)NCc1coc(N2CC=CCC2)n1. The Morgan fingerprint density at radius 3 is 2.88 bits per heavy atom. The summed E-state index contributed by atoms with van der Waals surface area (Å²) in [5.74, 6) is 0. The van der Waals surface area contributed by atoms with Gasteiger partial charge in [-0.25, -0.2) is 0 Å². The Morgan fingerprint density at radius 1 is 1.41 bits per heavy atom. The number of oxazole rings is 1. The zero-order valence-corrected chi connectivity index (χ0v) is 10.9. The molecule has 0 saturated heterocycles. The molecule has 0 saturated carbocycles. The molecule has 17 heavy (non-hydrogen) atoms. The van der Waals surface area contributed by atoms with E-state index >= 15 is 0 Å². The largest absolute Gasteiger partial charge is 0.432 e. The van der Waals surface area contributed by atoms with Crippen LogP contribution in [-0.4, -0.2) is 23.6 Å². The summed E-state index contributed by atoms with van der Waals surface area (Å²) in [6.07, 6.45) is 7.16. The number of nitrogens with one attached hydrogen (secondary N) is 1. The number of rotatable bonds is 3. The molecule has 0 fully saturated rings. The first-order valence-corrected chi connectivity index (χ1v) is 6.14. The monoisotopic (exact) mass is 235 g/mol. The zero-order chi connectivity index (χ0) is 12.3. The normalized spacial score (nSPS) is 16.5. The van der Waals surface area contributed by atoms with E-state index in [-0.39, 0.29) is 5.54 Å². The topological polar surface area (TPSA) is 41.3 Å². The van der Waals surface area contributed by atoms with E-state index in [0.717, 1.165) is 37.8 Å². The Labute approximate surface area is 103 Å². The molecule has 0 spiro atoms. The summed E-state index contributed by atoms with van der Waals surface area (Å²) in [7, 11) is 0. The van der Waals surface area contributed by atoms with Crippen LogP contribution >= 0.6 is 0 Å². The van der Waals surface area contributed by atoms with E-state index in [1.807, 2.05) is 0 Å². The summed E-state index contributed by atoms with van der Waals surface area (Å²) < 4.78 is 5.51. The maximum absolute atomic E-state index is 5.51. The third kappa shape index (κ3) is 3.60. The van der Waals surface area contributed by atoms with Crippen LogP contribution in [0.3, 0.4) is 0 Å². The molecular weight excluding hydrogens is 214 g/mol. The molecule has 4 heteroatoms. The van der Waals surface area contributed by atoms with Crippen molar-refractivity contribution in [2.24, 2.45) is 0 Å². The van der Waals surface area contributed by atoms with Gasteiger partial charge in [-0.15, -0.1) is 0 Å². The Bertz CT molecular complexity index is 390. The Kier molecular flexibility index (Phi) is 3.52. The van der Waals surface area contributed by atoms with E-state index in [9.17, 15) is 0 Å². The maximum Gasteiger partial charge on any atom is 0.297 e. The summed E-state index contributed by atoms with van der Waals surface area (Å²) in [5, 5.41) is 3.40. The van der Waals surface area contributed by atoms with Crippen LogP contribution < -0.4 is 10.2 Å². The molecule has 4 nitrogen and oxygen atoms in total. The van der Waals surface area contributed by atoms with Gasteiger partial charge in [0.15, 0.2) is 0 Å². The van der Waals surface area contributed by atoms with E-state index in [0.29, 0.717) is 0 Å². The van der Waals surface area contributed by atoms with Gasteiger partial charge in [-0.1, -0.05) is 12.2 Å². The molecule has 1 aliphatic rings. The molecule has 2 heterocycles. The van der Waals surface area contributed by atoms with E-state index < -0.39 is 0 Å². The fourth-order valence-electron chi connectivity index (χ4n) is 1.69. The van der Waals surface area contributed by atoms with Crippen LogP contribution in [0.25, 0.3) is 0 Å². The van der Waals surface area contributed by atoms with Gasteiger partial charge in [-0.05, 0) is 27.2 Å². The molecule has 0 amide bonds. The van der Waals surface area contributed by atoms with Crippen LogP contribution in [0.4, 0.5) is 6.01 Å². The molecule has 94 valence electrons. The predicted molar refractivity (Wildman–Crippen MR) is 69.1 cm³/mol. The third-order valence-electron chi connectivity index (χ3n) is 2.67. The smallest absolute Gasteiger partial charge is 0.297 e. The average molecular weight is 235 g/mol. The summed E-state index contributed by atoms with van der Waals surface area (Å²) in [4.78, 5) is 6.65. The molecule has 1 aromatic heterocycles. The van der Waals surface area contributed by atoms with Crippen molar-refractivity contribution in [1.29, 1.82) is 0 Å². The summed E-state index contributed by atoms with van der Waals surface area (Å²) in [6, 6.07) is 0.736. The minimum atomic E-state index is 0.104. The average Bonchev–Trinajstić information content (AvgIpc) is 2.75. The molecule has 0 aromatic carbocycles. The van der Waals surface area contributed by atoms with Crippen LogP contribution in [0.5, 0.6) is 0 Å². The molecular formula is C13H21N3O. The first kappa shape index (κ1) is 12.2. The molecule has 0 radical (unpaired) electrons. The highest BCUT2D eigenvalue weighted by Crippen LogP contribution is 2.16. The fourth-order valence-corrected chi connectivity index (χ4v) is 1.69. The molecule has 0 atom stereocenters. The molecule has 0 aliphatic carbocycles. The Balaban J connectivity index is 1.93.